The third-order valence-electron chi connectivity index (χ3n) is 6.02. The molecule has 0 radical (unpaired) electrons. The van der Waals surface area contributed by atoms with Crippen LogP contribution in [0, 0.1) is 5.92 Å². The fraction of sp³-hybridized carbons (Fsp3) is 0.391. The largest absolute Gasteiger partial charge is 0.339 e. The lowest BCUT2D eigenvalue weighted by atomic mass is 9.86. The summed E-state index contributed by atoms with van der Waals surface area (Å²) in [7, 11) is 1.91. The van der Waals surface area contributed by atoms with Crippen LogP contribution in [0.5, 0.6) is 0 Å². The van der Waals surface area contributed by atoms with Gasteiger partial charge in [-0.3, -0.25) is 9.59 Å². The highest BCUT2D eigenvalue weighted by atomic mass is 16.2. The summed E-state index contributed by atoms with van der Waals surface area (Å²) in [5.74, 6) is 0.0337. The van der Waals surface area contributed by atoms with Crippen molar-refractivity contribution in [3.8, 4) is 0 Å². The SMILES string of the molecule is CN(C(=O)CCC1Cc2ccccc2NC1=O)C1CCCc2ccccc21. The topological polar surface area (TPSA) is 49.4 Å². The van der Waals surface area contributed by atoms with Gasteiger partial charge < -0.3 is 10.2 Å². The summed E-state index contributed by atoms with van der Waals surface area (Å²) >= 11 is 0. The van der Waals surface area contributed by atoms with E-state index < -0.39 is 0 Å². The molecule has 4 rings (SSSR count). The van der Waals surface area contributed by atoms with Gasteiger partial charge in [0.15, 0.2) is 0 Å². The molecule has 2 aromatic carbocycles. The monoisotopic (exact) mass is 362 g/mol. The summed E-state index contributed by atoms with van der Waals surface area (Å²) in [6.07, 6.45) is 4.94. The Kier molecular flexibility index (Phi) is 4.97. The third-order valence-corrected chi connectivity index (χ3v) is 6.02. The molecule has 0 bridgehead atoms. The molecule has 0 saturated carbocycles. The summed E-state index contributed by atoms with van der Waals surface area (Å²) in [5.41, 5.74) is 4.70. The van der Waals surface area contributed by atoms with Crippen molar-refractivity contribution in [2.75, 3.05) is 12.4 Å². The van der Waals surface area contributed by atoms with E-state index in [1.807, 2.05) is 30.1 Å². The van der Waals surface area contributed by atoms with Gasteiger partial charge in [0.1, 0.15) is 0 Å². The lowest BCUT2D eigenvalue weighted by molar-refractivity contribution is -0.133. The van der Waals surface area contributed by atoms with Crippen molar-refractivity contribution < 1.29 is 9.59 Å². The predicted molar refractivity (Wildman–Crippen MR) is 106 cm³/mol. The van der Waals surface area contributed by atoms with Crippen molar-refractivity contribution in [1.82, 2.24) is 4.90 Å². The molecule has 2 aromatic rings. The van der Waals surface area contributed by atoms with Crippen molar-refractivity contribution in [2.45, 2.75) is 44.6 Å². The molecule has 1 aliphatic carbocycles. The number of aryl methyl sites for hydroxylation is 1. The molecule has 2 atom stereocenters. The molecule has 4 nitrogen and oxygen atoms in total. The highest BCUT2D eigenvalue weighted by Gasteiger charge is 2.29. The average molecular weight is 362 g/mol. The molecule has 2 unspecified atom stereocenters. The van der Waals surface area contributed by atoms with Crippen molar-refractivity contribution in [1.29, 1.82) is 0 Å². The first-order chi connectivity index (χ1) is 13.1. The van der Waals surface area contributed by atoms with Crippen LogP contribution in [0.4, 0.5) is 5.69 Å². The van der Waals surface area contributed by atoms with E-state index in [0.29, 0.717) is 19.3 Å². The summed E-state index contributed by atoms with van der Waals surface area (Å²) in [6.45, 7) is 0. The number of carbonyl (C=O) groups excluding carboxylic acids is 2. The quantitative estimate of drug-likeness (QED) is 0.890. The van der Waals surface area contributed by atoms with E-state index in [1.165, 1.54) is 11.1 Å². The highest BCUT2D eigenvalue weighted by Crippen LogP contribution is 2.34. The highest BCUT2D eigenvalue weighted by molar-refractivity contribution is 5.96. The van der Waals surface area contributed by atoms with E-state index in [1.54, 1.807) is 0 Å². The molecule has 1 heterocycles. The Morgan fingerprint density at radius 3 is 2.70 bits per heavy atom. The number of hydrogen-bond acceptors (Lipinski definition) is 2. The van der Waals surface area contributed by atoms with Crippen LogP contribution in [-0.4, -0.2) is 23.8 Å². The van der Waals surface area contributed by atoms with Gasteiger partial charge in [-0.2, -0.15) is 0 Å². The number of anilines is 1. The first kappa shape index (κ1) is 17.8. The number of hydrogen-bond donors (Lipinski definition) is 1. The number of nitrogens with one attached hydrogen (secondary N) is 1. The minimum Gasteiger partial charge on any atom is -0.339 e. The molecule has 0 aromatic heterocycles. The Hall–Kier alpha value is -2.62. The van der Waals surface area contributed by atoms with E-state index >= 15 is 0 Å². The number of para-hydroxylation sites is 1. The normalized spacial score (nSPS) is 21.0. The number of benzene rings is 2. The second-order valence-electron chi connectivity index (χ2n) is 7.70. The molecule has 4 heteroatoms. The van der Waals surface area contributed by atoms with E-state index in [9.17, 15) is 9.59 Å². The Morgan fingerprint density at radius 2 is 1.85 bits per heavy atom. The molecule has 1 aliphatic heterocycles. The lowest BCUT2D eigenvalue weighted by Crippen LogP contribution is -2.35. The second-order valence-corrected chi connectivity index (χ2v) is 7.70. The minimum atomic E-state index is -0.129. The molecule has 27 heavy (non-hydrogen) atoms. The molecule has 2 aliphatic rings. The van der Waals surface area contributed by atoms with Crippen molar-refractivity contribution in [3.63, 3.8) is 0 Å². The summed E-state index contributed by atoms with van der Waals surface area (Å²) in [5, 5.41) is 2.98. The molecular weight excluding hydrogens is 336 g/mol. The van der Waals surface area contributed by atoms with Gasteiger partial charge in [0.2, 0.25) is 11.8 Å². The zero-order valence-electron chi connectivity index (χ0n) is 15.8. The number of carbonyl (C=O) groups is 2. The maximum absolute atomic E-state index is 12.8. The van der Waals surface area contributed by atoms with Crippen LogP contribution in [0.3, 0.4) is 0 Å². The number of amides is 2. The third kappa shape index (κ3) is 3.61. The molecular formula is C23H26N2O2. The number of nitrogens with zero attached hydrogens (tertiary/aromatic N) is 1. The van der Waals surface area contributed by atoms with Crippen molar-refractivity contribution in [3.05, 3.63) is 65.2 Å². The van der Waals surface area contributed by atoms with E-state index in [2.05, 4.69) is 35.6 Å². The van der Waals surface area contributed by atoms with Gasteiger partial charge in [-0.05, 0) is 54.9 Å². The van der Waals surface area contributed by atoms with Crippen LogP contribution in [-0.2, 0) is 22.4 Å². The Balaban J connectivity index is 1.39. The maximum atomic E-state index is 12.8. The van der Waals surface area contributed by atoms with E-state index in [-0.39, 0.29) is 23.8 Å². The second kappa shape index (κ2) is 7.55. The fourth-order valence-electron chi connectivity index (χ4n) is 4.42. The Labute approximate surface area is 160 Å². The van der Waals surface area contributed by atoms with Crippen LogP contribution in [0.2, 0.25) is 0 Å². The van der Waals surface area contributed by atoms with Gasteiger partial charge in [-0.1, -0.05) is 42.5 Å². The molecule has 2 amide bonds. The number of rotatable bonds is 4. The molecule has 0 fully saturated rings. The standard InChI is InChI=1S/C23H26N2O2/c1-25(21-12-6-9-16-7-2-4-10-19(16)21)22(26)14-13-18-15-17-8-3-5-11-20(17)24-23(18)27/h2-5,7-8,10-11,18,21H,6,9,12-15H2,1H3,(H,24,27). The molecule has 0 spiro atoms. The van der Waals surface area contributed by atoms with Crippen LogP contribution in [0.1, 0.15) is 48.4 Å². The molecule has 1 N–H and O–H groups in total. The van der Waals surface area contributed by atoms with Crippen LogP contribution < -0.4 is 5.32 Å². The van der Waals surface area contributed by atoms with Crippen molar-refractivity contribution >= 4 is 17.5 Å². The van der Waals surface area contributed by atoms with Gasteiger partial charge in [-0.25, -0.2) is 0 Å². The maximum Gasteiger partial charge on any atom is 0.227 e. The van der Waals surface area contributed by atoms with Gasteiger partial charge in [0.25, 0.3) is 0 Å². The zero-order chi connectivity index (χ0) is 18.8. The Morgan fingerprint density at radius 1 is 1.11 bits per heavy atom. The van der Waals surface area contributed by atoms with Gasteiger partial charge in [-0.15, -0.1) is 0 Å². The number of fused-ring (bicyclic) bond motifs is 2. The zero-order valence-corrected chi connectivity index (χ0v) is 15.8. The van der Waals surface area contributed by atoms with E-state index in [0.717, 1.165) is 30.5 Å². The minimum absolute atomic E-state index is 0.0344. The van der Waals surface area contributed by atoms with Crippen LogP contribution in [0.15, 0.2) is 48.5 Å². The van der Waals surface area contributed by atoms with Gasteiger partial charge in [0, 0.05) is 25.1 Å². The van der Waals surface area contributed by atoms with Gasteiger partial charge >= 0.3 is 0 Å². The fourth-order valence-corrected chi connectivity index (χ4v) is 4.42. The summed E-state index contributed by atoms with van der Waals surface area (Å²) in [6, 6.07) is 16.5. The van der Waals surface area contributed by atoms with Crippen LogP contribution >= 0.6 is 0 Å². The molecule has 140 valence electrons. The first-order valence-electron chi connectivity index (χ1n) is 9.85. The molecule has 0 saturated heterocycles. The summed E-state index contributed by atoms with van der Waals surface area (Å²) < 4.78 is 0. The van der Waals surface area contributed by atoms with Gasteiger partial charge in [0.05, 0.1) is 6.04 Å². The predicted octanol–water partition coefficient (Wildman–Crippen LogP) is 4.11. The van der Waals surface area contributed by atoms with E-state index in [4.69, 9.17) is 0 Å². The first-order valence-corrected chi connectivity index (χ1v) is 9.85. The lowest BCUT2D eigenvalue weighted by Gasteiger charge is -2.34. The van der Waals surface area contributed by atoms with Crippen molar-refractivity contribution in [2.24, 2.45) is 5.92 Å². The smallest absolute Gasteiger partial charge is 0.227 e. The average Bonchev–Trinajstić information content (AvgIpc) is 2.71. The Bertz CT molecular complexity index is 861. The summed E-state index contributed by atoms with van der Waals surface area (Å²) in [4.78, 5) is 27.1. The van der Waals surface area contributed by atoms with Crippen LogP contribution in [0.25, 0.3) is 0 Å².